The number of aromatic nitrogens is 4. The lowest BCUT2D eigenvalue weighted by molar-refractivity contribution is -0.114. The fraction of sp³-hybridized carbons (Fsp3) is 0.0909. The van der Waals surface area contributed by atoms with Crippen LogP contribution in [0.1, 0.15) is 12.5 Å². The predicted molar refractivity (Wildman–Crippen MR) is 117 cm³/mol. The van der Waals surface area contributed by atoms with Crippen molar-refractivity contribution in [2.24, 2.45) is 0 Å². The molecule has 2 aromatic heterocycles. The average Bonchev–Trinajstić information content (AvgIpc) is 3.21. The van der Waals surface area contributed by atoms with E-state index in [0.717, 1.165) is 38.4 Å². The van der Waals surface area contributed by atoms with Gasteiger partial charge in [-0.05, 0) is 29.8 Å². The van der Waals surface area contributed by atoms with Crippen LogP contribution in [0.25, 0.3) is 11.3 Å². The van der Waals surface area contributed by atoms with Gasteiger partial charge in [-0.15, -0.1) is 0 Å². The number of hydrogen-bond acceptors (Lipinski definition) is 6. The molecule has 0 bridgehead atoms. The van der Waals surface area contributed by atoms with Crippen molar-refractivity contribution in [1.29, 1.82) is 0 Å². The summed E-state index contributed by atoms with van der Waals surface area (Å²) in [7, 11) is 0. The molecule has 2 aromatic carbocycles. The molecule has 0 saturated heterocycles. The highest BCUT2D eigenvalue weighted by Gasteiger charge is 2.17. The Hall–Kier alpha value is -3.65. The van der Waals surface area contributed by atoms with Crippen molar-refractivity contribution in [3.63, 3.8) is 0 Å². The maximum absolute atomic E-state index is 11.2. The molecule has 0 saturated carbocycles. The van der Waals surface area contributed by atoms with Crippen molar-refractivity contribution in [3.8, 4) is 11.3 Å². The number of nitrogens with one attached hydrogen (secondary N) is 2. The molecule has 0 fully saturated rings. The van der Waals surface area contributed by atoms with Gasteiger partial charge in [0.2, 0.25) is 5.91 Å². The molecule has 3 heterocycles. The second-order valence-electron chi connectivity index (χ2n) is 6.96. The third-order valence-corrected chi connectivity index (χ3v) is 5.74. The van der Waals surface area contributed by atoms with Gasteiger partial charge in [0.15, 0.2) is 5.82 Å². The van der Waals surface area contributed by atoms with Crippen LogP contribution in [0.5, 0.6) is 0 Å². The van der Waals surface area contributed by atoms with Crippen LogP contribution in [0.15, 0.2) is 77.3 Å². The Kier molecular flexibility index (Phi) is 4.68. The van der Waals surface area contributed by atoms with E-state index in [1.54, 1.807) is 24.2 Å². The molecule has 8 heteroatoms. The summed E-state index contributed by atoms with van der Waals surface area (Å²) in [5.41, 5.74) is 4.87. The number of nitrogens with zero attached hydrogens (tertiary/aromatic N) is 4. The number of fused-ring (bicyclic) bond motifs is 2. The largest absolute Gasteiger partial charge is 0.337 e. The minimum absolute atomic E-state index is 0.0829. The molecule has 0 aliphatic carbocycles. The molecule has 0 atom stereocenters. The molecular weight excluding hydrogens is 396 g/mol. The first-order chi connectivity index (χ1) is 14.6. The van der Waals surface area contributed by atoms with Crippen LogP contribution < -0.4 is 10.6 Å². The number of amides is 1. The minimum Gasteiger partial charge on any atom is -0.337 e. The maximum atomic E-state index is 11.2. The molecular formula is C22H18N6OS. The molecule has 30 heavy (non-hydrogen) atoms. The van der Waals surface area contributed by atoms with Gasteiger partial charge in [-0.25, -0.2) is 15.0 Å². The lowest BCUT2D eigenvalue weighted by atomic mass is 10.1. The van der Waals surface area contributed by atoms with Crippen molar-refractivity contribution in [3.05, 3.63) is 72.9 Å². The highest BCUT2D eigenvalue weighted by Crippen LogP contribution is 2.42. The first kappa shape index (κ1) is 18.4. The number of anilines is 3. The van der Waals surface area contributed by atoms with Gasteiger partial charge in [0.1, 0.15) is 5.03 Å². The smallest absolute Gasteiger partial charge is 0.221 e. The zero-order valence-corrected chi connectivity index (χ0v) is 17.0. The minimum atomic E-state index is -0.0829. The molecule has 0 radical (unpaired) electrons. The summed E-state index contributed by atoms with van der Waals surface area (Å²) in [5.74, 6) is 0.709. The van der Waals surface area contributed by atoms with Gasteiger partial charge in [-0.2, -0.15) is 0 Å². The molecule has 148 valence electrons. The Labute approximate surface area is 177 Å². The lowest BCUT2D eigenvalue weighted by Crippen LogP contribution is -2.05. The van der Waals surface area contributed by atoms with E-state index in [0.29, 0.717) is 6.54 Å². The average molecular weight is 414 g/mol. The number of carbonyl (C=O) groups is 1. The first-order valence-corrected chi connectivity index (χ1v) is 10.2. The zero-order chi connectivity index (χ0) is 20.5. The van der Waals surface area contributed by atoms with Crippen molar-refractivity contribution in [2.45, 2.75) is 23.4 Å². The van der Waals surface area contributed by atoms with E-state index in [1.165, 1.54) is 12.5 Å². The Morgan fingerprint density at radius 3 is 2.77 bits per heavy atom. The van der Waals surface area contributed by atoms with Gasteiger partial charge in [0.05, 0.1) is 17.7 Å². The van der Waals surface area contributed by atoms with Crippen LogP contribution in [-0.2, 0) is 11.3 Å². The van der Waals surface area contributed by atoms with E-state index < -0.39 is 0 Å². The Balaban J connectivity index is 1.32. The SMILES string of the molecule is CC(=O)Nc1ccc(-c2cn(Cc3ccc4c(c3)Nc3nccnc3S4)cn2)cc1. The monoisotopic (exact) mass is 414 g/mol. The fourth-order valence-corrected chi connectivity index (χ4v) is 4.19. The van der Waals surface area contributed by atoms with Crippen LogP contribution in [0.2, 0.25) is 0 Å². The van der Waals surface area contributed by atoms with Crippen LogP contribution >= 0.6 is 11.8 Å². The standard InChI is InChI=1S/C22H18N6OS/c1-14(29)26-17-5-3-16(4-6-17)19-12-28(13-25-19)11-15-2-7-20-18(10-15)27-21-22(30-20)24-9-8-23-21/h2-10,12-13H,11H2,1H3,(H,23,27)(H,26,29). The molecule has 2 N–H and O–H groups in total. The first-order valence-electron chi connectivity index (χ1n) is 9.43. The molecule has 1 amide bonds. The van der Waals surface area contributed by atoms with E-state index in [2.05, 4.69) is 48.4 Å². The van der Waals surface area contributed by atoms with E-state index in [9.17, 15) is 4.79 Å². The Morgan fingerprint density at radius 1 is 1.10 bits per heavy atom. The van der Waals surface area contributed by atoms with Gasteiger partial charge >= 0.3 is 0 Å². The van der Waals surface area contributed by atoms with Crippen LogP contribution in [0.3, 0.4) is 0 Å². The number of carbonyl (C=O) groups excluding carboxylic acids is 1. The fourth-order valence-electron chi connectivity index (χ4n) is 3.31. The summed E-state index contributed by atoms with van der Waals surface area (Å²) in [6.45, 7) is 2.21. The lowest BCUT2D eigenvalue weighted by Gasteiger charge is -2.19. The quantitative estimate of drug-likeness (QED) is 0.449. The van der Waals surface area contributed by atoms with Gasteiger partial charge < -0.3 is 15.2 Å². The third kappa shape index (κ3) is 3.77. The van der Waals surface area contributed by atoms with Crippen LogP contribution in [-0.4, -0.2) is 25.4 Å². The Bertz CT molecular complexity index is 1230. The number of benzene rings is 2. The summed E-state index contributed by atoms with van der Waals surface area (Å²) < 4.78 is 2.06. The third-order valence-electron chi connectivity index (χ3n) is 4.67. The summed E-state index contributed by atoms with van der Waals surface area (Å²) >= 11 is 1.62. The summed E-state index contributed by atoms with van der Waals surface area (Å²) in [6.07, 6.45) is 7.25. The van der Waals surface area contributed by atoms with Gasteiger partial charge in [-0.3, -0.25) is 4.79 Å². The predicted octanol–water partition coefficient (Wildman–Crippen LogP) is 4.56. The molecule has 4 aromatic rings. The van der Waals surface area contributed by atoms with Gasteiger partial charge in [0, 0.05) is 48.2 Å². The summed E-state index contributed by atoms with van der Waals surface area (Å²) in [5, 5.41) is 7.03. The zero-order valence-electron chi connectivity index (χ0n) is 16.2. The van der Waals surface area contributed by atoms with E-state index in [1.807, 2.05) is 36.8 Å². The molecule has 7 nitrogen and oxygen atoms in total. The van der Waals surface area contributed by atoms with Crippen LogP contribution in [0.4, 0.5) is 17.2 Å². The van der Waals surface area contributed by atoms with Crippen molar-refractivity contribution >= 4 is 34.9 Å². The molecule has 0 spiro atoms. The second-order valence-corrected chi connectivity index (χ2v) is 7.99. The van der Waals surface area contributed by atoms with Crippen molar-refractivity contribution < 1.29 is 4.79 Å². The summed E-state index contributed by atoms with van der Waals surface area (Å²) in [4.78, 5) is 25.5. The second kappa shape index (κ2) is 7.64. The molecule has 5 rings (SSSR count). The normalized spacial score (nSPS) is 11.9. The number of imidazole rings is 1. The van der Waals surface area contributed by atoms with E-state index in [4.69, 9.17) is 0 Å². The summed E-state index contributed by atoms with van der Waals surface area (Å²) in [6, 6.07) is 14.0. The van der Waals surface area contributed by atoms with Gasteiger partial charge in [-0.1, -0.05) is 30.0 Å². The Morgan fingerprint density at radius 2 is 1.93 bits per heavy atom. The molecule has 1 aliphatic heterocycles. The van der Waals surface area contributed by atoms with Crippen molar-refractivity contribution in [2.75, 3.05) is 10.6 Å². The van der Waals surface area contributed by atoms with E-state index in [-0.39, 0.29) is 5.91 Å². The number of hydrogen-bond donors (Lipinski definition) is 2. The van der Waals surface area contributed by atoms with Gasteiger partial charge in [0.25, 0.3) is 0 Å². The van der Waals surface area contributed by atoms with E-state index >= 15 is 0 Å². The highest BCUT2D eigenvalue weighted by molar-refractivity contribution is 7.99. The topological polar surface area (TPSA) is 84.7 Å². The molecule has 1 aliphatic rings. The van der Waals surface area contributed by atoms with Crippen LogP contribution in [0, 0.1) is 0 Å². The van der Waals surface area contributed by atoms with Crippen molar-refractivity contribution in [1.82, 2.24) is 19.5 Å². The number of rotatable bonds is 4. The maximum Gasteiger partial charge on any atom is 0.221 e. The molecule has 0 unspecified atom stereocenters. The highest BCUT2D eigenvalue weighted by atomic mass is 32.2.